The van der Waals surface area contributed by atoms with Crippen molar-refractivity contribution in [3.8, 4) is 0 Å². The Morgan fingerprint density at radius 2 is 1.57 bits per heavy atom. The molecule has 0 N–H and O–H groups in total. The molecule has 1 aromatic carbocycles. The number of hydrogen-bond donors (Lipinski definition) is 0. The Morgan fingerprint density at radius 1 is 1.00 bits per heavy atom. The van der Waals surface area contributed by atoms with Gasteiger partial charge in [0.05, 0.1) is 19.6 Å². The molecule has 0 radical (unpaired) electrons. The average Bonchev–Trinajstić information content (AvgIpc) is 2.42. The van der Waals surface area contributed by atoms with Gasteiger partial charge in [-0.15, -0.1) is 0 Å². The SMILES string of the molecule is CC1=CC(=NS(=O)(=O)c2ccc(C)cc2)C(Br)=C(Br)C1=O. The Labute approximate surface area is 140 Å². The van der Waals surface area contributed by atoms with Gasteiger partial charge in [-0.2, -0.15) is 12.8 Å². The molecule has 1 aliphatic rings. The first-order valence-electron chi connectivity index (χ1n) is 5.92. The molecule has 0 unspecified atom stereocenters. The van der Waals surface area contributed by atoms with Gasteiger partial charge in [0.1, 0.15) is 0 Å². The highest BCUT2D eigenvalue weighted by Gasteiger charge is 2.24. The van der Waals surface area contributed by atoms with Crippen LogP contribution < -0.4 is 0 Å². The molecule has 0 aliphatic heterocycles. The van der Waals surface area contributed by atoms with Crippen LogP contribution in [0, 0.1) is 6.92 Å². The van der Waals surface area contributed by atoms with Crippen molar-refractivity contribution in [2.45, 2.75) is 18.7 Å². The number of aryl methyl sites for hydroxylation is 1. The molecule has 1 aliphatic carbocycles. The van der Waals surface area contributed by atoms with Gasteiger partial charge in [0.25, 0.3) is 10.0 Å². The first-order valence-corrected chi connectivity index (χ1v) is 8.95. The van der Waals surface area contributed by atoms with Crippen LogP contribution in [0.15, 0.2) is 54.2 Å². The van der Waals surface area contributed by atoms with E-state index in [0.29, 0.717) is 10.1 Å². The third-order valence-electron chi connectivity index (χ3n) is 2.87. The largest absolute Gasteiger partial charge is 0.288 e. The molecule has 0 spiro atoms. The third kappa shape index (κ3) is 3.41. The standard InChI is InChI=1S/C14H11Br2NO3S/c1-8-3-5-10(6-4-8)21(19,20)17-11-7-9(2)14(18)13(16)12(11)15/h3-7H,1-2H3. The summed E-state index contributed by atoms with van der Waals surface area (Å²) in [6, 6.07) is 6.43. The molecule has 0 bridgehead atoms. The minimum Gasteiger partial charge on any atom is -0.288 e. The lowest BCUT2D eigenvalue weighted by Gasteiger charge is -2.11. The van der Waals surface area contributed by atoms with Crippen molar-refractivity contribution >= 4 is 53.4 Å². The number of carbonyl (C=O) groups excluding carboxylic acids is 1. The van der Waals surface area contributed by atoms with Crippen molar-refractivity contribution in [3.05, 3.63) is 50.4 Å². The summed E-state index contributed by atoms with van der Waals surface area (Å²) in [4.78, 5) is 11.9. The topological polar surface area (TPSA) is 63.6 Å². The van der Waals surface area contributed by atoms with Crippen LogP contribution in [0.3, 0.4) is 0 Å². The number of ketones is 1. The highest BCUT2D eigenvalue weighted by Crippen LogP contribution is 2.29. The summed E-state index contributed by atoms with van der Waals surface area (Å²) >= 11 is 6.34. The number of benzene rings is 1. The first-order chi connectivity index (χ1) is 9.72. The van der Waals surface area contributed by atoms with E-state index >= 15 is 0 Å². The van der Waals surface area contributed by atoms with E-state index in [1.165, 1.54) is 18.2 Å². The summed E-state index contributed by atoms with van der Waals surface area (Å²) in [5.74, 6) is -0.200. The minimum atomic E-state index is -3.83. The molecule has 2 rings (SSSR count). The zero-order chi connectivity index (χ0) is 15.8. The maximum Gasteiger partial charge on any atom is 0.282 e. The number of rotatable bonds is 2. The van der Waals surface area contributed by atoms with Crippen LogP contribution in [0.2, 0.25) is 0 Å². The lowest BCUT2D eigenvalue weighted by Crippen LogP contribution is -2.14. The Bertz CT molecular complexity index is 803. The van der Waals surface area contributed by atoms with Crippen LogP contribution in [-0.2, 0) is 14.8 Å². The molecular formula is C14H11Br2NO3S. The summed E-state index contributed by atoms with van der Waals surface area (Å²) in [5, 5.41) is 0. The summed E-state index contributed by atoms with van der Waals surface area (Å²) in [5.41, 5.74) is 1.58. The van der Waals surface area contributed by atoms with Crippen LogP contribution >= 0.6 is 31.9 Å². The molecule has 0 atom stereocenters. The van der Waals surface area contributed by atoms with Crippen LogP contribution in [0.4, 0.5) is 0 Å². The second-order valence-corrected chi connectivity index (χ2v) is 7.74. The van der Waals surface area contributed by atoms with Gasteiger partial charge in [-0.25, -0.2) is 0 Å². The lowest BCUT2D eigenvalue weighted by molar-refractivity contribution is -0.111. The highest BCUT2D eigenvalue weighted by molar-refractivity contribution is 9.14. The number of Topliss-reactive ketones (excluding diaryl/α,β-unsaturated/α-hetero) is 1. The Hall–Kier alpha value is -1.05. The molecule has 4 nitrogen and oxygen atoms in total. The van der Waals surface area contributed by atoms with Gasteiger partial charge < -0.3 is 0 Å². The third-order valence-corrected chi connectivity index (χ3v) is 6.26. The monoisotopic (exact) mass is 431 g/mol. The number of hydrogen-bond acceptors (Lipinski definition) is 3. The van der Waals surface area contributed by atoms with Gasteiger partial charge in [0.2, 0.25) is 0 Å². The van der Waals surface area contributed by atoms with E-state index in [2.05, 4.69) is 36.3 Å². The van der Waals surface area contributed by atoms with Crippen LogP contribution in [0.1, 0.15) is 12.5 Å². The van der Waals surface area contributed by atoms with Crippen LogP contribution in [0.5, 0.6) is 0 Å². The number of halogens is 2. The smallest absolute Gasteiger partial charge is 0.282 e. The molecule has 110 valence electrons. The Morgan fingerprint density at radius 3 is 2.14 bits per heavy atom. The van der Waals surface area contributed by atoms with E-state index in [0.717, 1.165) is 5.56 Å². The molecule has 0 fully saturated rings. The van der Waals surface area contributed by atoms with Crippen molar-refractivity contribution in [2.24, 2.45) is 4.40 Å². The van der Waals surface area contributed by atoms with Gasteiger partial charge in [-0.1, -0.05) is 17.7 Å². The van der Waals surface area contributed by atoms with E-state index in [4.69, 9.17) is 0 Å². The van der Waals surface area contributed by atoms with Gasteiger partial charge in [-0.3, -0.25) is 4.79 Å². The minimum absolute atomic E-state index is 0.111. The van der Waals surface area contributed by atoms with Crippen molar-refractivity contribution in [3.63, 3.8) is 0 Å². The van der Waals surface area contributed by atoms with E-state index in [-0.39, 0.29) is 20.9 Å². The molecule has 0 amide bonds. The summed E-state index contributed by atoms with van der Waals surface area (Å²) < 4.78 is 29.0. The average molecular weight is 433 g/mol. The van der Waals surface area contributed by atoms with Gasteiger partial charge >= 0.3 is 0 Å². The van der Waals surface area contributed by atoms with Crippen molar-refractivity contribution in [1.82, 2.24) is 0 Å². The predicted octanol–water partition coefficient (Wildman–Crippen LogP) is 3.66. The number of sulfonamides is 1. The molecule has 0 aromatic heterocycles. The Kier molecular flexibility index (Phi) is 4.65. The molecule has 0 heterocycles. The maximum absolute atomic E-state index is 12.3. The highest BCUT2D eigenvalue weighted by atomic mass is 79.9. The van der Waals surface area contributed by atoms with Crippen molar-refractivity contribution < 1.29 is 13.2 Å². The molecule has 7 heteroatoms. The van der Waals surface area contributed by atoms with Crippen molar-refractivity contribution in [1.29, 1.82) is 0 Å². The zero-order valence-corrected chi connectivity index (χ0v) is 15.2. The lowest BCUT2D eigenvalue weighted by atomic mass is 10.1. The quantitative estimate of drug-likeness (QED) is 0.670. The maximum atomic E-state index is 12.3. The number of allylic oxidation sites excluding steroid dienone is 4. The van der Waals surface area contributed by atoms with Crippen molar-refractivity contribution in [2.75, 3.05) is 0 Å². The van der Waals surface area contributed by atoms with E-state index in [1.54, 1.807) is 19.1 Å². The fourth-order valence-corrected chi connectivity index (χ4v) is 3.68. The predicted molar refractivity (Wildman–Crippen MR) is 89.4 cm³/mol. The second-order valence-electron chi connectivity index (χ2n) is 4.55. The first kappa shape index (κ1) is 16.3. The number of carbonyl (C=O) groups is 1. The zero-order valence-electron chi connectivity index (χ0n) is 11.2. The number of nitrogens with zero attached hydrogens (tertiary/aromatic N) is 1. The van der Waals surface area contributed by atoms with Gasteiger partial charge in [-0.05, 0) is 69.5 Å². The van der Waals surface area contributed by atoms with Crippen LogP contribution in [-0.4, -0.2) is 19.9 Å². The van der Waals surface area contributed by atoms with Crippen LogP contribution in [0.25, 0.3) is 0 Å². The molecular weight excluding hydrogens is 422 g/mol. The molecule has 0 saturated carbocycles. The Balaban J connectivity index is 2.52. The van der Waals surface area contributed by atoms with Gasteiger partial charge in [0.15, 0.2) is 5.78 Å². The molecule has 0 saturated heterocycles. The fourth-order valence-electron chi connectivity index (χ4n) is 1.68. The normalized spacial score (nSPS) is 18.2. The summed E-state index contributed by atoms with van der Waals surface area (Å²) in [6.45, 7) is 3.48. The molecule has 1 aromatic rings. The van der Waals surface area contributed by atoms with E-state index in [9.17, 15) is 13.2 Å². The fraction of sp³-hybridized carbons (Fsp3) is 0.143. The second kappa shape index (κ2) is 5.98. The van der Waals surface area contributed by atoms with E-state index in [1.807, 2.05) is 6.92 Å². The summed E-state index contributed by atoms with van der Waals surface area (Å²) in [6.07, 6.45) is 1.45. The van der Waals surface area contributed by atoms with E-state index < -0.39 is 10.0 Å². The molecule has 21 heavy (non-hydrogen) atoms. The summed E-state index contributed by atoms with van der Waals surface area (Å²) in [7, 11) is -3.83. The van der Waals surface area contributed by atoms with Gasteiger partial charge in [0, 0.05) is 0 Å².